The average molecular weight is 380 g/mol. The van der Waals surface area contributed by atoms with Crippen LogP contribution in [-0.4, -0.2) is 37.4 Å². The Morgan fingerprint density at radius 2 is 2.04 bits per heavy atom. The van der Waals surface area contributed by atoms with Crippen molar-refractivity contribution in [3.63, 3.8) is 0 Å². The van der Waals surface area contributed by atoms with Gasteiger partial charge in [-0.05, 0) is 36.1 Å². The Morgan fingerprint density at radius 1 is 1.21 bits per heavy atom. The van der Waals surface area contributed by atoms with E-state index in [1.165, 1.54) is 0 Å². The molecule has 1 aromatic carbocycles. The zero-order valence-corrected chi connectivity index (χ0v) is 16.6. The quantitative estimate of drug-likeness (QED) is 0.553. The van der Waals surface area contributed by atoms with Gasteiger partial charge in [0.1, 0.15) is 11.6 Å². The summed E-state index contributed by atoms with van der Waals surface area (Å²) < 4.78 is 1.94. The fourth-order valence-electron chi connectivity index (χ4n) is 2.85. The molecule has 2 aromatic heterocycles. The molecular formula is C21H28N6O. The molecule has 0 saturated carbocycles. The first-order valence-electron chi connectivity index (χ1n) is 9.65. The summed E-state index contributed by atoms with van der Waals surface area (Å²) in [5, 5.41) is 18.0. The van der Waals surface area contributed by atoms with Gasteiger partial charge in [-0.25, -0.2) is 9.97 Å². The minimum atomic E-state index is 0.0671. The molecule has 0 radical (unpaired) electrons. The van der Waals surface area contributed by atoms with E-state index < -0.39 is 0 Å². The predicted octanol–water partition coefficient (Wildman–Crippen LogP) is 3.52. The number of anilines is 1. The number of phenols is 1. The summed E-state index contributed by atoms with van der Waals surface area (Å²) in [7, 11) is 0. The average Bonchev–Trinajstić information content (AvgIpc) is 3.14. The Balaban J connectivity index is 1.86. The summed E-state index contributed by atoms with van der Waals surface area (Å²) in [5.74, 6) is 1.81. The normalized spacial score (nSPS) is 12.3. The van der Waals surface area contributed by atoms with Crippen LogP contribution in [0.3, 0.4) is 0 Å². The zero-order chi connectivity index (χ0) is 20.1. The number of aromatic nitrogens is 4. The Hall–Kier alpha value is -2.93. The summed E-state index contributed by atoms with van der Waals surface area (Å²) in [5.41, 5.74) is 8.48. The molecule has 0 saturated heterocycles. The van der Waals surface area contributed by atoms with Crippen molar-refractivity contribution >= 4 is 5.82 Å². The Bertz CT molecular complexity index is 921. The Morgan fingerprint density at radius 3 is 2.79 bits per heavy atom. The second-order valence-corrected chi connectivity index (χ2v) is 7.39. The van der Waals surface area contributed by atoms with Gasteiger partial charge < -0.3 is 16.2 Å². The van der Waals surface area contributed by atoms with Crippen LogP contribution >= 0.6 is 0 Å². The first kappa shape index (κ1) is 19.8. The van der Waals surface area contributed by atoms with Crippen molar-refractivity contribution in [3.8, 4) is 28.3 Å². The van der Waals surface area contributed by atoms with Gasteiger partial charge in [0.05, 0.1) is 11.8 Å². The molecule has 148 valence electrons. The fraction of sp³-hybridized carbons (Fsp3) is 0.381. The van der Waals surface area contributed by atoms with Gasteiger partial charge in [0.15, 0.2) is 5.82 Å². The van der Waals surface area contributed by atoms with E-state index in [0.717, 1.165) is 24.1 Å². The lowest BCUT2D eigenvalue weighted by molar-refractivity contribution is 0.477. The number of phenolic OH excluding ortho intramolecular Hbond substituents is 1. The lowest BCUT2D eigenvalue weighted by Gasteiger charge is -2.12. The van der Waals surface area contributed by atoms with Gasteiger partial charge in [-0.3, -0.25) is 4.68 Å². The zero-order valence-electron chi connectivity index (χ0n) is 16.6. The van der Waals surface area contributed by atoms with E-state index in [-0.39, 0.29) is 11.8 Å². The maximum Gasteiger partial charge on any atom is 0.165 e. The van der Waals surface area contributed by atoms with Crippen molar-refractivity contribution in [2.24, 2.45) is 11.7 Å². The molecule has 0 fully saturated rings. The monoisotopic (exact) mass is 380 g/mol. The number of nitrogens with zero attached hydrogens (tertiary/aromatic N) is 4. The first-order valence-corrected chi connectivity index (χ1v) is 9.65. The molecule has 0 amide bonds. The van der Waals surface area contributed by atoms with Gasteiger partial charge in [-0.2, -0.15) is 5.10 Å². The van der Waals surface area contributed by atoms with Crippen LogP contribution in [0, 0.1) is 5.92 Å². The molecule has 7 heteroatoms. The van der Waals surface area contributed by atoms with E-state index in [0.29, 0.717) is 29.7 Å². The first-order chi connectivity index (χ1) is 13.5. The molecule has 1 atom stereocenters. The summed E-state index contributed by atoms with van der Waals surface area (Å²) in [6.45, 7) is 7.86. The van der Waals surface area contributed by atoms with Crippen molar-refractivity contribution in [3.05, 3.63) is 42.9 Å². The van der Waals surface area contributed by atoms with Crippen LogP contribution in [0.2, 0.25) is 0 Å². The van der Waals surface area contributed by atoms with Crippen molar-refractivity contribution in [2.45, 2.75) is 39.8 Å². The van der Waals surface area contributed by atoms with E-state index in [4.69, 9.17) is 5.73 Å². The van der Waals surface area contributed by atoms with Crippen LogP contribution in [0.1, 0.15) is 27.2 Å². The maximum atomic E-state index is 10.4. The SMILES string of the molecule is CC[C@H](N)CNc1ccnc(-c2cc(-c3cnn(CC(C)C)c3)ccc2O)n1. The lowest BCUT2D eigenvalue weighted by atomic mass is 10.0. The number of aromatic hydroxyl groups is 1. The van der Waals surface area contributed by atoms with Crippen molar-refractivity contribution in [2.75, 3.05) is 11.9 Å². The minimum absolute atomic E-state index is 0.0671. The molecule has 0 unspecified atom stereocenters. The van der Waals surface area contributed by atoms with Crippen molar-refractivity contribution < 1.29 is 5.11 Å². The van der Waals surface area contributed by atoms with Crippen molar-refractivity contribution in [1.82, 2.24) is 19.7 Å². The molecule has 4 N–H and O–H groups in total. The third kappa shape index (κ3) is 4.86. The molecule has 28 heavy (non-hydrogen) atoms. The molecule has 0 bridgehead atoms. The second kappa shape index (κ2) is 8.84. The van der Waals surface area contributed by atoms with E-state index in [1.54, 1.807) is 18.3 Å². The van der Waals surface area contributed by atoms with Gasteiger partial charge in [0.2, 0.25) is 0 Å². The molecule has 2 heterocycles. The Kier molecular flexibility index (Phi) is 6.26. The van der Waals surface area contributed by atoms with Crippen LogP contribution in [0.5, 0.6) is 5.75 Å². The molecule has 0 spiro atoms. The molecule has 0 aliphatic heterocycles. The van der Waals surface area contributed by atoms with Crippen LogP contribution in [0.4, 0.5) is 5.82 Å². The number of hydrogen-bond donors (Lipinski definition) is 3. The summed E-state index contributed by atoms with van der Waals surface area (Å²) >= 11 is 0. The van der Waals surface area contributed by atoms with Gasteiger partial charge >= 0.3 is 0 Å². The molecule has 0 aliphatic carbocycles. The number of hydrogen-bond acceptors (Lipinski definition) is 6. The van der Waals surface area contributed by atoms with Crippen LogP contribution in [0.25, 0.3) is 22.5 Å². The smallest absolute Gasteiger partial charge is 0.165 e. The molecule has 7 nitrogen and oxygen atoms in total. The van der Waals surface area contributed by atoms with Crippen LogP contribution in [-0.2, 0) is 6.54 Å². The van der Waals surface area contributed by atoms with Gasteiger partial charge in [0, 0.05) is 37.1 Å². The lowest BCUT2D eigenvalue weighted by Crippen LogP contribution is -2.28. The van der Waals surface area contributed by atoms with E-state index in [9.17, 15) is 5.11 Å². The molecule has 3 aromatic rings. The molecule has 3 rings (SSSR count). The molecule has 0 aliphatic rings. The Labute approximate surface area is 165 Å². The van der Waals surface area contributed by atoms with E-state index in [2.05, 4.69) is 34.2 Å². The molecular weight excluding hydrogens is 352 g/mol. The third-order valence-electron chi connectivity index (χ3n) is 4.48. The highest BCUT2D eigenvalue weighted by Gasteiger charge is 2.12. The summed E-state index contributed by atoms with van der Waals surface area (Å²) in [6, 6.07) is 7.29. The van der Waals surface area contributed by atoms with Crippen molar-refractivity contribution in [1.29, 1.82) is 0 Å². The number of nitrogens with two attached hydrogens (primary N) is 1. The largest absolute Gasteiger partial charge is 0.507 e. The number of benzene rings is 1. The summed E-state index contributed by atoms with van der Waals surface area (Å²) in [6.07, 6.45) is 6.41. The highest BCUT2D eigenvalue weighted by Crippen LogP contribution is 2.32. The number of nitrogens with one attached hydrogen (secondary N) is 1. The maximum absolute atomic E-state index is 10.4. The standard InChI is InChI=1S/C21H28N6O/c1-4-17(22)11-24-20-7-8-23-21(26-20)18-9-15(5-6-19(18)28)16-10-25-27(13-16)12-14(2)3/h5-10,13-14,17,28H,4,11-12,22H2,1-3H3,(H,23,24,26)/t17-/m0/s1. The van der Waals surface area contributed by atoms with Crippen LogP contribution < -0.4 is 11.1 Å². The van der Waals surface area contributed by atoms with E-state index in [1.807, 2.05) is 36.1 Å². The number of rotatable bonds is 8. The van der Waals surface area contributed by atoms with Gasteiger partial charge in [0.25, 0.3) is 0 Å². The van der Waals surface area contributed by atoms with E-state index >= 15 is 0 Å². The third-order valence-corrected chi connectivity index (χ3v) is 4.48. The second-order valence-electron chi connectivity index (χ2n) is 7.39. The minimum Gasteiger partial charge on any atom is -0.507 e. The summed E-state index contributed by atoms with van der Waals surface area (Å²) in [4.78, 5) is 8.86. The topological polar surface area (TPSA) is 102 Å². The fourth-order valence-corrected chi connectivity index (χ4v) is 2.85. The van der Waals surface area contributed by atoms with Gasteiger partial charge in [-0.15, -0.1) is 0 Å². The van der Waals surface area contributed by atoms with Gasteiger partial charge in [-0.1, -0.05) is 26.8 Å². The highest BCUT2D eigenvalue weighted by molar-refractivity contribution is 5.74. The van der Waals surface area contributed by atoms with Crippen LogP contribution in [0.15, 0.2) is 42.9 Å². The highest BCUT2D eigenvalue weighted by atomic mass is 16.3. The predicted molar refractivity (Wildman–Crippen MR) is 112 cm³/mol.